The van der Waals surface area contributed by atoms with Crippen LogP contribution in [0.3, 0.4) is 0 Å². The zero-order chi connectivity index (χ0) is 14.6. The minimum Gasteiger partial charge on any atom is -0.370 e. The van der Waals surface area contributed by atoms with Crippen molar-refractivity contribution in [3.8, 4) is 0 Å². The molecule has 1 aromatic carbocycles. The van der Waals surface area contributed by atoms with Crippen LogP contribution in [0.15, 0.2) is 47.5 Å². The smallest absolute Gasteiger partial charge is 0.263 e. The van der Waals surface area contributed by atoms with Crippen molar-refractivity contribution in [2.45, 2.75) is 11.8 Å². The van der Waals surface area contributed by atoms with Gasteiger partial charge in [0, 0.05) is 16.3 Å². The molecule has 0 saturated carbocycles. The molecular formula is C13H14IN3O2S. The first-order valence-corrected chi connectivity index (χ1v) is 8.56. The molecule has 5 nitrogen and oxygen atoms in total. The molecule has 0 amide bonds. The molecule has 1 heterocycles. The molecule has 0 saturated heterocycles. The molecule has 2 aromatic rings. The Bertz CT molecular complexity index is 687. The van der Waals surface area contributed by atoms with Crippen molar-refractivity contribution in [3.63, 3.8) is 0 Å². The van der Waals surface area contributed by atoms with E-state index in [0.717, 1.165) is 10.1 Å². The molecular weight excluding hydrogens is 389 g/mol. The van der Waals surface area contributed by atoms with Crippen LogP contribution in [0.4, 0.5) is 11.5 Å². The molecule has 106 valence electrons. The maximum absolute atomic E-state index is 12.2. The Morgan fingerprint density at radius 3 is 2.55 bits per heavy atom. The standard InChI is InChI=1S/C13H14IN3O2S/c1-2-15-13-8-7-10(9-16-13)20(18,19)17-12-6-4-3-5-11(12)14/h3-9,17H,2H2,1H3,(H,15,16). The summed E-state index contributed by atoms with van der Waals surface area (Å²) in [5.74, 6) is 0.653. The molecule has 0 unspecified atom stereocenters. The van der Waals surface area contributed by atoms with E-state index in [4.69, 9.17) is 0 Å². The van der Waals surface area contributed by atoms with E-state index in [0.29, 0.717) is 11.5 Å². The summed E-state index contributed by atoms with van der Waals surface area (Å²) in [5, 5.41) is 3.02. The van der Waals surface area contributed by atoms with E-state index < -0.39 is 10.0 Å². The van der Waals surface area contributed by atoms with E-state index in [1.54, 1.807) is 18.2 Å². The van der Waals surface area contributed by atoms with Gasteiger partial charge in [-0.15, -0.1) is 0 Å². The Morgan fingerprint density at radius 1 is 1.20 bits per heavy atom. The predicted molar refractivity (Wildman–Crippen MR) is 88.4 cm³/mol. The van der Waals surface area contributed by atoms with Crippen LogP contribution in [0.25, 0.3) is 0 Å². The van der Waals surface area contributed by atoms with Gasteiger partial charge in [0.15, 0.2) is 0 Å². The van der Waals surface area contributed by atoms with Crippen molar-refractivity contribution in [2.24, 2.45) is 0 Å². The van der Waals surface area contributed by atoms with E-state index in [-0.39, 0.29) is 4.90 Å². The molecule has 0 aliphatic carbocycles. The Hall–Kier alpha value is -1.35. The van der Waals surface area contributed by atoms with Gasteiger partial charge in [0.2, 0.25) is 0 Å². The van der Waals surface area contributed by atoms with E-state index in [2.05, 4.69) is 37.6 Å². The van der Waals surface area contributed by atoms with Gasteiger partial charge in [-0.05, 0) is 53.8 Å². The van der Waals surface area contributed by atoms with Gasteiger partial charge in [0.25, 0.3) is 10.0 Å². The SMILES string of the molecule is CCNc1ccc(S(=O)(=O)Nc2ccccc2I)cn1. The van der Waals surface area contributed by atoms with E-state index in [1.807, 2.05) is 19.1 Å². The summed E-state index contributed by atoms with van der Waals surface area (Å²) in [6.45, 7) is 2.69. The van der Waals surface area contributed by atoms with Crippen molar-refractivity contribution >= 4 is 44.1 Å². The summed E-state index contributed by atoms with van der Waals surface area (Å²) >= 11 is 2.08. The lowest BCUT2D eigenvalue weighted by Gasteiger charge is -2.10. The lowest BCUT2D eigenvalue weighted by molar-refractivity contribution is 0.601. The lowest BCUT2D eigenvalue weighted by Crippen LogP contribution is -2.14. The summed E-state index contributed by atoms with van der Waals surface area (Å²) in [7, 11) is -3.61. The molecule has 0 fully saturated rings. The Kier molecular flexibility index (Phi) is 4.81. The quantitative estimate of drug-likeness (QED) is 0.754. The molecule has 0 aliphatic rings. The second kappa shape index (κ2) is 6.40. The maximum atomic E-state index is 12.2. The van der Waals surface area contributed by atoms with E-state index >= 15 is 0 Å². The minimum atomic E-state index is -3.61. The van der Waals surface area contributed by atoms with Crippen molar-refractivity contribution in [2.75, 3.05) is 16.6 Å². The number of para-hydroxylation sites is 1. The molecule has 0 atom stereocenters. The first-order chi connectivity index (χ1) is 9.53. The fraction of sp³-hybridized carbons (Fsp3) is 0.154. The fourth-order valence-corrected chi connectivity index (χ4v) is 3.30. The predicted octanol–water partition coefficient (Wildman–Crippen LogP) is 2.92. The fourth-order valence-electron chi connectivity index (χ4n) is 1.57. The number of nitrogens with one attached hydrogen (secondary N) is 2. The van der Waals surface area contributed by atoms with Gasteiger partial charge in [-0.25, -0.2) is 13.4 Å². The monoisotopic (exact) mass is 403 g/mol. The first-order valence-electron chi connectivity index (χ1n) is 6.00. The second-order valence-corrected chi connectivity index (χ2v) is 6.84. The number of aromatic nitrogens is 1. The van der Waals surface area contributed by atoms with Crippen LogP contribution >= 0.6 is 22.6 Å². The molecule has 2 N–H and O–H groups in total. The average Bonchev–Trinajstić information content (AvgIpc) is 2.42. The Labute approximate surface area is 132 Å². The Morgan fingerprint density at radius 2 is 1.95 bits per heavy atom. The van der Waals surface area contributed by atoms with Gasteiger partial charge in [-0.1, -0.05) is 12.1 Å². The van der Waals surface area contributed by atoms with Crippen LogP contribution < -0.4 is 10.0 Å². The van der Waals surface area contributed by atoms with Gasteiger partial charge < -0.3 is 5.32 Å². The van der Waals surface area contributed by atoms with Gasteiger partial charge in [0.1, 0.15) is 10.7 Å². The Balaban J connectivity index is 2.24. The van der Waals surface area contributed by atoms with Gasteiger partial charge in [-0.2, -0.15) is 0 Å². The summed E-state index contributed by atoms with van der Waals surface area (Å²) in [6, 6.07) is 10.4. The van der Waals surface area contributed by atoms with Crippen LogP contribution in [0.1, 0.15) is 6.92 Å². The van der Waals surface area contributed by atoms with Gasteiger partial charge in [-0.3, -0.25) is 4.72 Å². The highest BCUT2D eigenvalue weighted by Gasteiger charge is 2.15. The van der Waals surface area contributed by atoms with Crippen molar-refractivity contribution in [3.05, 3.63) is 46.2 Å². The van der Waals surface area contributed by atoms with Gasteiger partial charge >= 0.3 is 0 Å². The molecule has 0 spiro atoms. The zero-order valence-corrected chi connectivity index (χ0v) is 13.8. The number of nitrogens with zero attached hydrogens (tertiary/aromatic N) is 1. The van der Waals surface area contributed by atoms with Crippen LogP contribution in [0, 0.1) is 3.57 Å². The van der Waals surface area contributed by atoms with E-state index in [9.17, 15) is 8.42 Å². The third-order valence-electron chi connectivity index (χ3n) is 2.52. The van der Waals surface area contributed by atoms with Crippen molar-refractivity contribution in [1.29, 1.82) is 0 Å². The highest BCUT2D eigenvalue weighted by molar-refractivity contribution is 14.1. The molecule has 0 radical (unpaired) electrons. The van der Waals surface area contributed by atoms with Crippen LogP contribution in [0.5, 0.6) is 0 Å². The lowest BCUT2D eigenvalue weighted by atomic mass is 10.3. The minimum absolute atomic E-state index is 0.138. The van der Waals surface area contributed by atoms with Crippen LogP contribution in [-0.2, 0) is 10.0 Å². The molecule has 0 aliphatic heterocycles. The zero-order valence-electron chi connectivity index (χ0n) is 10.8. The number of benzene rings is 1. The molecule has 2 rings (SSSR count). The maximum Gasteiger partial charge on any atom is 0.263 e. The molecule has 20 heavy (non-hydrogen) atoms. The third kappa shape index (κ3) is 3.60. The summed E-state index contributed by atoms with van der Waals surface area (Å²) in [5.41, 5.74) is 0.559. The average molecular weight is 403 g/mol. The molecule has 1 aromatic heterocycles. The number of anilines is 2. The first kappa shape index (κ1) is 15.0. The van der Waals surface area contributed by atoms with Crippen molar-refractivity contribution in [1.82, 2.24) is 4.98 Å². The van der Waals surface area contributed by atoms with Crippen LogP contribution in [-0.4, -0.2) is 19.9 Å². The number of pyridine rings is 1. The van der Waals surface area contributed by atoms with E-state index in [1.165, 1.54) is 12.3 Å². The summed E-state index contributed by atoms with van der Waals surface area (Å²) in [6.07, 6.45) is 1.34. The summed E-state index contributed by atoms with van der Waals surface area (Å²) < 4.78 is 27.9. The van der Waals surface area contributed by atoms with Crippen LogP contribution in [0.2, 0.25) is 0 Å². The number of sulfonamides is 1. The third-order valence-corrected chi connectivity index (χ3v) is 4.81. The number of hydrogen-bond acceptors (Lipinski definition) is 4. The second-order valence-electron chi connectivity index (χ2n) is 3.99. The highest BCUT2D eigenvalue weighted by Crippen LogP contribution is 2.21. The topological polar surface area (TPSA) is 71.1 Å². The normalized spacial score (nSPS) is 11.1. The highest BCUT2D eigenvalue weighted by atomic mass is 127. The largest absolute Gasteiger partial charge is 0.370 e. The number of hydrogen-bond donors (Lipinski definition) is 2. The number of rotatable bonds is 5. The van der Waals surface area contributed by atoms with Crippen molar-refractivity contribution < 1.29 is 8.42 Å². The molecule has 0 bridgehead atoms. The van der Waals surface area contributed by atoms with Gasteiger partial charge in [0.05, 0.1) is 5.69 Å². The number of halogens is 1. The molecule has 7 heteroatoms. The summed E-state index contributed by atoms with van der Waals surface area (Å²) in [4.78, 5) is 4.20.